The van der Waals surface area contributed by atoms with Crippen molar-refractivity contribution in [1.29, 1.82) is 0 Å². The lowest BCUT2D eigenvalue weighted by Crippen LogP contribution is -2.33. The van der Waals surface area contributed by atoms with Crippen molar-refractivity contribution in [2.45, 2.75) is 32.8 Å². The number of carbonyl (C=O) groups excluding carboxylic acids is 1. The van der Waals surface area contributed by atoms with Crippen molar-refractivity contribution in [1.82, 2.24) is 9.97 Å². The van der Waals surface area contributed by atoms with Crippen LogP contribution in [0.4, 0.5) is 11.5 Å². The van der Waals surface area contributed by atoms with Gasteiger partial charge < -0.3 is 26.4 Å². The van der Waals surface area contributed by atoms with Crippen LogP contribution < -0.4 is 11.1 Å². The van der Waals surface area contributed by atoms with Crippen molar-refractivity contribution in [3.8, 4) is 11.5 Å². The van der Waals surface area contributed by atoms with E-state index in [1.807, 2.05) is 6.92 Å². The van der Waals surface area contributed by atoms with Gasteiger partial charge in [0.05, 0.1) is 17.5 Å². The summed E-state index contributed by atoms with van der Waals surface area (Å²) < 4.78 is 0. The molecule has 2 aromatic rings. The number of aliphatic hydroxyl groups is 1. The van der Waals surface area contributed by atoms with Gasteiger partial charge in [0.1, 0.15) is 5.60 Å². The minimum absolute atomic E-state index is 0.0927. The van der Waals surface area contributed by atoms with E-state index in [0.29, 0.717) is 12.0 Å². The van der Waals surface area contributed by atoms with Crippen LogP contribution in [0.15, 0.2) is 41.9 Å². The Morgan fingerprint density at radius 2 is 2.00 bits per heavy atom. The van der Waals surface area contributed by atoms with Crippen molar-refractivity contribution in [2.75, 3.05) is 11.1 Å². The van der Waals surface area contributed by atoms with Gasteiger partial charge in [0.2, 0.25) is 0 Å². The number of nitrogen functional groups attached to an aromatic ring is 1. The lowest BCUT2D eigenvalue weighted by atomic mass is 9.83. The van der Waals surface area contributed by atoms with E-state index >= 15 is 0 Å². The predicted molar refractivity (Wildman–Crippen MR) is 97.4 cm³/mol. The Kier molecular flexibility index (Phi) is 5.47. The number of nitrogens with zero attached hydrogens (tertiary/aromatic N) is 2. The molecule has 1 heterocycles. The number of aromatic nitrogens is 2. The number of phenolic OH excluding ortho intramolecular Hbond substituents is 2. The minimum Gasteiger partial charge on any atom is -0.504 e. The van der Waals surface area contributed by atoms with E-state index in [1.165, 1.54) is 37.6 Å². The SMILES string of the molecule is CC/C(C)=C(\C(=O)Nc1cnccn1)C(C)(O)c1cc(N)c(O)c(O)c1. The molecule has 1 amide bonds. The van der Waals surface area contributed by atoms with Crippen molar-refractivity contribution in [3.63, 3.8) is 0 Å². The summed E-state index contributed by atoms with van der Waals surface area (Å²) in [6.07, 6.45) is 4.80. The van der Waals surface area contributed by atoms with Gasteiger partial charge in [-0.15, -0.1) is 0 Å². The van der Waals surface area contributed by atoms with Crippen molar-refractivity contribution in [2.24, 2.45) is 0 Å². The molecule has 8 nitrogen and oxygen atoms in total. The Morgan fingerprint density at radius 3 is 2.54 bits per heavy atom. The first-order chi connectivity index (χ1) is 12.2. The topological polar surface area (TPSA) is 142 Å². The van der Waals surface area contributed by atoms with Crippen LogP contribution in [0, 0.1) is 0 Å². The first kappa shape index (κ1) is 19.2. The molecular weight excluding hydrogens is 336 g/mol. The van der Waals surface area contributed by atoms with Gasteiger partial charge in [-0.1, -0.05) is 12.5 Å². The van der Waals surface area contributed by atoms with Crippen molar-refractivity contribution in [3.05, 3.63) is 47.4 Å². The maximum absolute atomic E-state index is 12.8. The van der Waals surface area contributed by atoms with Gasteiger partial charge in [0, 0.05) is 12.4 Å². The number of allylic oxidation sites excluding steroid dienone is 1. The summed E-state index contributed by atoms with van der Waals surface area (Å²) in [6.45, 7) is 5.00. The third-order valence-corrected chi connectivity index (χ3v) is 4.16. The van der Waals surface area contributed by atoms with E-state index in [9.17, 15) is 20.1 Å². The number of rotatable bonds is 5. The second kappa shape index (κ2) is 7.40. The van der Waals surface area contributed by atoms with Crippen LogP contribution in [0.2, 0.25) is 0 Å². The Labute approximate surface area is 151 Å². The number of amides is 1. The van der Waals surface area contributed by atoms with Crippen LogP contribution in [0.3, 0.4) is 0 Å². The van der Waals surface area contributed by atoms with Gasteiger partial charge in [0.25, 0.3) is 5.91 Å². The van der Waals surface area contributed by atoms with Crippen LogP contribution in [-0.4, -0.2) is 31.2 Å². The van der Waals surface area contributed by atoms with E-state index in [1.54, 1.807) is 6.92 Å². The number of hydrogen-bond donors (Lipinski definition) is 5. The number of benzene rings is 1. The molecule has 0 saturated heterocycles. The number of phenols is 2. The molecule has 6 N–H and O–H groups in total. The highest BCUT2D eigenvalue weighted by Gasteiger charge is 2.35. The van der Waals surface area contributed by atoms with Gasteiger partial charge in [-0.25, -0.2) is 4.98 Å². The number of hydrogen-bond acceptors (Lipinski definition) is 7. The van der Waals surface area contributed by atoms with Gasteiger partial charge >= 0.3 is 0 Å². The maximum Gasteiger partial charge on any atom is 0.255 e. The standard InChI is InChI=1S/C18H22N4O4/c1-4-10(2)15(17(25)22-14-9-20-5-6-21-14)18(3,26)11-7-12(19)16(24)13(23)8-11/h5-9,23-24,26H,4,19H2,1-3H3,(H,21,22,25)/b15-10+. The summed E-state index contributed by atoms with van der Waals surface area (Å²) >= 11 is 0. The Morgan fingerprint density at radius 1 is 1.31 bits per heavy atom. The van der Waals surface area contributed by atoms with Crippen molar-refractivity contribution < 1.29 is 20.1 Å². The van der Waals surface area contributed by atoms with E-state index in [-0.39, 0.29) is 22.6 Å². The summed E-state index contributed by atoms with van der Waals surface area (Å²) in [5, 5.41) is 33.2. The van der Waals surface area contributed by atoms with E-state index in [0.717, 1.165) is 0 Å². The smallest absolute Gasteiger partial charge is 0.255 e. The molecule has 0 aliphatic heterocycles. The second-order valence-electron chi connectivity index (χ2n) is 6.06. The fourth-order valence-electron chi connectivity index (χ4n) is 2.62. The first-order valence-electron chi connectivity index (χ1n) is 8.00. The summed E-state index contributed by atoms with van der Waals surface area (Å²) in [5.74, 6) is -1.28. The van der Waals surface area contributed by atoms with Gasteiger partial charge in [0.15, 0.2) is 17.3 Å². The zero-order chi connectivity index (χ0) is 19.5. The summed E-state index contributed by atoms with van der Waals surface area (Å²) in [7, 11) is 0. The highest BCUT2D eigenvalue weighted by Crippen LogP contribution is 2.40. The third-order valence-electron chi connectivity index (χ3n) is 4.16. The van der Waals surface area contributed by atoms with Crippen LogP contribution in [-0.2, 0) is 10.4 Å². The fraction of sp³-hybridized carbons (Fsp3) is 0.278. The van der Waals surface area contributed by atoms with Crippen LogP contribution >= 0.6 is 0 Å². The summed E-state index contributed by atoms with van der Waals surface area (Å²) in [5.41, 5.74) is 4.69. The number of carbonyl (C=O) groups is 1. The monoisotopic (exact) mass is 358 g/mol. The first-order valence-corrected chi connectivity index (χ1v) is 8.00. The molecule has 0 aliphatic carbocycles. The molecule has 1 aromatic carbocycles. The maximum atomic E-state index is 12.8. The molecule has 1 atom stereocenters. The molecule has 138 valence electrons. The molecule has 1 unspecified atom stereocenters. The zero-order valence-electron chi connectivity index (χ0n) is 14.8. The number of aromatic hydroxyl groups is 2. The molecule has 8 heteroatoms. The van der Waals surface area contributed by atoms with Gasteiger partial charge in [-0.05, 0) is 38.0 Å². The summed E-state index contributed by atoms with van der Waals surface area (Å²) in [4.78, 5) is 20.7. The van der Waals surface area contributed by atoms with Gasteiger partial charge in [-0.3, -0.25) is 9.78 Å². The van der Waals surface area contributed by atoms with Crippen LogP contribution in [0.25, 0.3) is 0 Å². The molecule has 0 aliphatic rings. The largest absolute Gasteiger partial charge is 0.504 e. The highest BCUT2D eigenvalue weighted by atomic mass is 16.3. The lowest BCUT2D eigenvalue weighted by Gasteiger charge is -2.29. The fourth-order valence-corrected chi connectivity index (χ4v) is 2.62. The molecule has 0 spiro atoms. The third kappa shape index (κ3) is 3.75. The van der Waals surface area contributed by atoms with E-state index in [2.05, 4.69) is 15.3 Å². The predicted octanol–water partition coefficient (Wildman–Crippen LogP) is 2.04. The number of nitrogens with one attached hydrogen (secondary N) is 1. The molecular formula is C18H22N4O4. The average molecular weight is 358 g/mol. The zero-order valence-corrected chi connectivity index (χ0v) is 14.8. The summed E-state index contributed by atoms with van der Waals surface area (Å²) in [6, 6.07) is 2.48. The molecule has 0 radical (unpaired) electrons. The van der Waals surface area contributed by atoms with Crippen LogP contribution in [0.5, 0.6) is 11.5 Å². The second-order valence-corrected chi connectivity index (χ2v) is 6.06. The normalized spacial score (nSPS) is 14.3. The Balaban J connectivity index is 2.51. The number of anilines is 2. The average Bonchev–Trinajstić information content (AvgIpc) is 2.59. The van der Waals surface area contributed by atoms with Crippen molar-refractivity contribution >= 4 is 17.4 Å². The van der Waals surface area contributed by atoms with Gasteiger partial charge in [-0.2, -0.15) is 0 Å². The minimum atomic E-state index is -1.77. The molecule has 26 heavy (non-hydrogen) atoms. The lowest BCUT2D eigenvalue weighted by molar-refractivity contribution is -0.115. The van der Waals surface area contributed by atoms with E-state index in [4.69, 9.17) is 5.73 Å². The Bertz CT molecular complexity index is 825. The molecule has 0 saturated carbocycles. The van der Waals surface area contributed by atoms with Crippen LogP contribution in [0.1, 0.15) is 32.8 Å². The molecule has 1 aromatic heterocycles. The molecule has 0 fully saturated rings. The molecule has 0 bridgehead atoms. The highest BCUT2D eigenvalue weighted by molar-refractivity contribution is 6.05. The number of nitrogens with two attached hydrogens (primary N) is 1. The Hall–Kier alpha value is -3.13. The molecule has 2 rings (SSSR count). The van der Waals surface area contributed by atoms with E-state index < -0.39 is 23.0 Å². The quantitative estimate of drug-likeness (QED) is 0.313.